The first-order valence-electron chi connectivity index (χ1n) is 6.34. The lowest BCUT2D eigenvalue weighted by molar-refractivity contribution is -0.124. The van der Waals surface area contributed by atoms with E-state index in [-0.39, 0.29) is 37.5 Å². The Morgan fingerprint density at radius 2 is 1.84 bits per heavy atom. The molecule has 1 aliphatic rings. The van der Waals surface area contributed by atoms with Gasteiger partial charge >= 0.3 is 0 Å². The van der Waals surface area contributed by atoms with Crippen molar-refractivity contribution in [2.45, 2.75) is 37.5 Å². The first kappa shape index (κ1) is 14.3. The first-order chi connectivity index (χ1) is 9.00. The van der Waals surface area contributed by atoms with Crippen LogP contribution in [0.3, 0.4) is 0 Å². The summed E-state index contributed by atoms with van der Waals surface area (Å²) in [5, 5.41) is 2.76. The van der Waals surface area contributed by atoms with Gasteiger partial charge in [-0.05, 0) is 30.5 Å². The third-order valence-corrected chi connectivity index (χ3v) is 3.77. The van der Waals surface area contributed by atoms with Crippen molar-refractivity contribution in [3.63, 3.8) is 0 Å². The van der Waals surface area contributed by atoms with E-state index in [4.69, 9.17) is 11.6 Å². The number of nitrogens with one attached hydrogen (secondary N) is 1. The third-order valence-electron chi connectivity index (χ3n) is 3.46. The molecule has 0 unspecified atom stereocenters. The van der Waals surface area contributed by atoms with Gasteiger partial charge in [-0.3, -0.25) is 4.79 Å². The van der Waals surface area contributed by atoms with Gasteiger partial charge in [0.1, 0.15) is 0 Å². The van der Waals surface area contributed by atoms with Gasteiger partial charge in [-0.25, -0.2) is 8.78 Å². The molecule has 0 spiro atoms. The summed E-state index contributed by atoms with van der Waals surface area (Å²) in [5.74, 6) is -2.66. The highest BCUT2D eigenvalue weighted by atomic mass is 35.5. The lowest BCUT2D eigenvalue weighted by Crippen LogP contribution is -2.31. The summed E-state index contributed by atoms with van der Waals surface area (Å²) in [7, 11) is 0. The molecule has 19 heavy (non-hydrogen) atoms. The molecule has 104 valence electrons. The van der Waals surface area contributed by atoms with Crippen LogP contribution in [-0.4, -0.2) is 11.8 Å². The molecule has 0 radical (unpaired) electrons. The molecule has 1 aliphatic carbocycles. The van der Waals surface area contributed by atoms with E-state index in [0.29, 0.717) is 11.6 Å². The molecule has 1 aromatic carbocycles. The molecule has 1 aromatic rings. The highest BCUT2D eigenvalue weighted by Gasteiger charge is 2.37. The van der Waals surface area contributed by atoms with Crippen molar-refractivity contribution in [1.29, 1.82) is 0 Å². The van der Waals surface area contributed by atoms with Crippen molar-refractivity contribution in [3.05, 3.63) is 29.8 Å². The minimum absolute atomic E-state index is 0.172. The molecular weight excluding hydrogens is 272 g/mol. The van der Waals surface area contributed by atoms with E-state index < -0.39 is 5.92 Å². The summed E-state index contributed by atoms with van der Waals surface area (Å²) in [6, 6.07) is 7.20. The molecule has 1 N–H and O–H groups in total. The van der Waals surface area contributed by atoms with E-state index in [9.17, 15) is 13.6 Å². The molecule has 0 heterocycles. The van der Waals surface area contributed by atoms with E-state index in [0.717, 1.165) is 5.56 Å². The SMILES string of the molecule is O=C(Nc1ccc(CCl)cc1)C1CCC(F)(F)CC1. The minimum Gasteiger partial charge on any atom is -0.326 e. The Morgan fingerprint density at radius 1 is 1.26 bits per heavy atom. The molecule has 0 atom stereocenters. The van der Waals surface area contributed by atoms with Crippen LogP contribution in [0.2, 0.25) is 0 Å². The number of rotatable bonds is 3. The van der Waals surface area contributed by atoms with Crippen molar-refractivity contribution in [2.75, 3.05) is 5.32 Å². The van der Waals surface area contributed by atoms with Crippen LogP contribution < -0.4 is 5.32 Å². The monoisotopic (exact) mass is 287 g/mol. The van der Waals surface area contributed by atoms with Gasteiger partial charge in [-0.2, -0.15) is 0 Å². The van der Waals surface area contributed by atoms with Gasteiger partial charge in [-0.15, -0.1) is 11.6 Å². The first-order valence-corrected chi connectivity index (χ1v) is 6.87. The molecule has 2 rings (SSSR count). The second-order valence-electron chi connectivity index (χ2n) is 4.95. The van der Waals surface area contributed by atoms with Crippen LogP contribution in [-0.2, 0) is 10.7 Å². The largest absolute Gasteiger partial charge is 0.326 e. The van der Waals surface area contributed by atoms with E-state index in [1.165, 1.54) is 0 Å². The van der Waals surface area contributed by atoms with Gasteiger partial charge in [0.25, 0.3) is 0 Å². The summed E-state index contributed by atoms with van der Waals surface area (Å²) in [4.78, 5) is 12.0. The van der Waals surface area contributed by atoms with Crippen molar-refractivity contribution in [3.8, 4) is 0 Å². The van der Waals surface area contributed by atoms with Gasteiger partial charge in [0.2, 0.25) is 11.8 Å². The Kier molecular flexibility index (Phi) is 4.40. The van der Waals surface area contributed by atoms with Crippen molar-refractivity contribution >= 4 is 23.2 Å². The fourth-order valence-electron chi connectivity index (χ4n) is 2.22. The van der Waals surface area contributed by atoms with Crippen LogP contribution in [0.15, 0.2) is 24.3 Å². The Balaban J connectivity index is 1.90. The predicted octanol–water partition coefficient (Wildman–Crippen LogP) is 4.19. The van der Waals surface area contributed by atoms with Gasteiger partial charge in [0, 0.05) is 30.3 Å². The van der Waals surface area contributed by atoms with E-state index in [1.54, 1.807) is 12.1 Å². The quantitative estimate of drug-likeness (QED) is 0.830. The summed E-state index contributed by atoms with van der Waals surface area (Å²) in [5.41, 5.74) is 1.65. The van der Waals surface area contributed by atoms with E-state index in [2.05, 4.69) is 5.32 Å². The van der Waals surface area contributed by atoms with Crippen LogP contribution in [0, 0.1) is 5.92 Å². The summed E-state index contributed by atoms with van der Waals surface area (Å²) in [6.45, 7) is 0. The van der Waals surface area contributed by atoms with Crippen molar-refractivity contribution < 1.29 is 13.6 Å². The average Bonchev–Trinajstić information content (AvgIpc) is 2.39. The molecule has 0 aliphatic heterocycles. The van der Waals surface area contributed by atoms with Crippen LogP contribution in [0.4, 0.5) is 14.5 Å². The third kappa shape index (κ3) is 3.90. The number of alkyl halides is 3. The topological polar surface area (TPSA) is 29.1 Å². The normalized spacial score (nSPS) is 19.1. The fraction of sp³-hybridized carbons (Fsp3) is 0.500. The maximum absolute atomic E-state index is 13.0. The van der Waals surface area contributed by atoms with Crippen LogP contribution >= 0.6 is 11.6 Å². The molecule has 5 heteroatoms. The Morgan fingerprint density at radius 3 is 2.37 bits per heavy atom. The average molecular weight is 288 g/mol. The minimum atomic E-state index is -2.60. The summed E-state index contributed by atoms with van der Waals surface area (Å²) < 4.78 is 26.0. The maximum atomic E-state index is 13.0. The Labute approximate surface area is 116 Å². The van der Waals surface area contributed by atoms with Gasteiger partial charge in [-0.1, -0.05) is 12.1 Å². The predicted molar refractivity (Wildman–Crippen MR) is 71.5 cm³/mol. The second kappa shape index (κ2) is 5.87. The standard InChI is InChI=1S/C14H16ClF2NO/c15-9-10-1-3-12(4-2-10)18-13(19)11-5-7-14(16,17)8-6-11/h1-4,11H,5-9H2,(H,18,19). The maximum Gasteiger partial charge on any atom is 0.248 e. The number of halogens is 3. The van der Waals surface area contributed by atoms with E-state index in [1.807, 2.05) is 12.1 Å². The highest BCUT2D eigenvalue weighted by molar-refractivity contribution is 6.17. The summed E-state index contributed by atoms with van der Waals surface area (Å²) >= 11 is 5.68. The molecule has 0 saturated heterocycles. The Hall–Kier alpha value is -1.16. The zero-order chi connectivity index (χ0) is 13.9. The van der Waals surface area contributed by atoms with Crippen molar-refractivity contribution in [2.24, 2.45) is 5.92 Å². The molecule has 1 saturated carbocycles. The number of anilines is 1. The van der Waals surface area contributed by atoms with Crippen LogP contribution in [0.25, 0.3) is 0 Å². The highest BCUT2D eigenvalue weighted by Crippen LogP contribution is 2.36. The van der Waals surface area contributed by atoms with Gasteiger partial charge < -0.3 is 5.32 Å². The Bertz CT molecular complexity index is 437. The molecule has 1 amide bonds. The summed E-state index contributed by atoms with van der Waals surface area (Å²) in [6.07, 6.45) is 0.101. The number of carbonyl (C=O) groups is 1. The van der Waals surface area contributed by atoms with Crippen molar-refractivity contribution in [1.82, 2.24) is 0 Å². The molecule has 2 nitrogen and oxygen atoms in total. The lowest BCUT2D eigenvalue weighted by atomic mass is 9.86. The number of benzene rings is 1. The number of carbonyl (C=O) groups excluding carboxylic acids is 1. The number of hydrogen-bond donors (Lipinski definition) is 1. The second-order valence-corrected chi connectivity index (χ2v) is 5.22. The molecule has 0 bridgehead atoms. The van der Waals surface area contributed by atoms with Crippen LogP contribution in [0.1, 0.15) is 31.2 Å². The number of hydrogen-bond acceptors (Lipinski definition) is 1. The van der Waals surface area contributed by atoms with E-state index >= 15 is 0 Å². The zero-order valence-electron chi connectivity index (χ0n) is 10.5. The van der Waals surface area contributed by atoms with Gasteiger partial charge in [0.15, 0.2) is 0 Å². The molecule has 0 aromatic heterocycles. The lowest BCUT2D eigenvalue weighted by Gasteiger charge is -2.27. The van der Waals surface area contributed by atoms with Crippen LogP contribution in [0.5, 0.6) is 0 Å². The number of amides is 1. The molecular formula is C14H16ClF2NO. The smallest absolute Gasteiger partial charge is 0.248 e. The van der Waals surface area contributed by atoms with Gasteiger partial charge in [0.05, 0.1) is 0 Å². The zero-order valence-corrected chi connectivity index (χ0v) is 11.2. The molecule has 1 fully saturated rings. The fourth-order valence-corrected chi connectivity index (χ4v) is 2.40.